The molecule has 0 aliphatic carbocycles. The van der Waals surface area contributed by atoms with E-state index < -0.39 is 6.10 Å². The maximum atomic E-state index is 14.4. The number of rotatable bonds is 5. The van der Waals surface area contributed by atoms with Crippen molar-refractivity contribution in [3.63, 3.8) is 0 Å². The Morgan fingerprint density at radius 3 is 2.61 bits per heavy atom. The van der Waals surface area contributed by atoms with Gasteiger partial charge in [-0.25, -0.2) is 4.39 Å². The van der Waals surface area contributed by atoms with Crippen molar-refractivity contribution >= 4 is 33.2 Å². The van der Waals surface area contributed by atoms with Gasteiger partial charge in [-0.3, -0.25) is 4.79 Å². The molecular formula is C15H21BrFN3O3. The van der Waals surface area contributed by atoms with E-state index in [9.17, 15) is 14.3 Å². The molecule has 23 heavy (non-hydrogen) atoms. The number of hydrogen-bond donors (Lipinski definition) is 3. The van der Waals surface area contributed by atoms with Crippen LogP contribution in [0, 0.1) is 5.82 Å². The number of piperazine rings is 1. The summed E-state index contributed by atoms with van der Waals surface area (Å²) in [5.74, 6) is -0.334. The normalized spacial score (nSPS) is 16.4. The molecule has 1 atom stereocenters. The first-order chi connectivity index (χ1) is 10.9. The fourth-order valence-corrected chi connectivity index (χ4v) is 2.94. The van der Waals surface area contributed by atoms with Gasteiger partial charge < -0.3 is 25.3 Å². The Bertz CT molecular complexity index is 565. The number of carbonyl (C=O) groups is 1. The van der Waals surface area contributed by atoms with Crippen molar-refractivity contribution in [1.29, 1.82) is 0 Å². The lowest BCUT2D eigenvalue weighted by Crippen LogP contribution is -2.48. The molecule has 1 aliphatic rings. The number of aliphatic hydroxyl groups is 2. The minimum Gasteiger partial charge on any atom is -0.394 e. The Kier molecular flexibility index (Phi) is 6.20. The van der Waals surface area contributed by atoms with E-state index in [4.69, 9.17) is 5.11 Å². The largest absolute Gasteiger partial charge is 0.394 e. The summed E-state index contributed by atoms with van der Waals surface area (Å²) in [5.41, 5.74) is 0.995. The molecule has 0 radical (unpaired) electrons. The lowest BCUT2D eigenvalue weighted by Gasteiger charge is -2.36. The van der Waals surface area contributed by atoms with Crippen LogP contribution in [0.5, 0.6) is 0 Å². The topological polar surface area (TPSA) is 76.0 Å². The van der Waals surface area contributed by atoms with Crippen LogP contribution >= 0.6 is 15.9 Å². The fourth-order valence-electron chi connectivity index (χ4n) is 2.47. The van der Waals surface area contributed by atoms with Gasteiger partial charge in [0, 0.05) is 50.2 Å². The van der Waals surface area contributed by atoms with Crippen LogP contribution in [0.15, 0.2) is 16.6 Å². The maximum absolute atomic E-state index is 14.4. The van der Waals surface area contributed by atoms with Crippen LogP contribution in [-0.4, -0.2) is 66.5 Å². The van der Waals surface area contributed by atoms with Gasteiger partial charge in [0.25, 0.3) is 0 Å². The van der Waals surface area contributed by atoms with E-state index in [2.05, 4.69) is 21.2 Å². The van der Waals surface area contributed by atoms with Crippen molar-refractivity contribution in [3.05, 3.63) is 22.4 Å². The number of benzene rings is 1. The third kappa shape index (κ3) is 4.55. The van der Waals surface area contributed by atoms with E-state index in [-0.39, 0.29) is 24.9 Å². The van der Waals surface area contributed by atoms with E-state index >= 15 is 0 Å². The fraction of sp³-hybridized carbons (Fsp3) is 0.533. The van der Waals surface area contributed by atoms with Crippen LogP contribution < -0.4 is 10.2 Å². The maximum Gasteiger partial charge on any atom is 0.219 e. The Morgan fingerprint density at radius 1 is 1.39 bits per heavy atom. The second-order valence-electron chi connectivity index (χ2n) is 5.49. The average Bonchev–Trinajstić information content (AvgIpc) is 2.55. The van der Waals surface area contributed by atoms with Gasteiger partial charge in [0.2, 0.25) is 5.91 Å². The molecule has 3 N–H and O–H groups in total. The van der Waals surface area contributed by atoms with E-state index in [1.165, 1.54) is 13.0 Å². The highest BCUT2D eigenvalue weighted by molar-refractivity contribution is 9.10. The number of carbonyl (C=O) groups excluding carboxylic acids is 1. The molecule has 6 nitrogen and oxygen atoms in total. The molecule has 1 aliphatic heterocycles. The highest BCUT2D eigenvalue weighted by Gasteiger charge is 2.22. The second kappa shape index (κ2) is 7.94. The molecule has 2 rings (SSSR count). The van der Waals surface area contributed by atoms with Gasteiger partial charge in [0.15, 0.2) is 0 Å². The monoisotopic (exact) mass is 389 g/mol. The number of amides is 1. The van der Waals surface area contributed by atoms with Gasteiger partial charge in [-0.05, 0) is 22.0 Å². The van der Waals surface area contributed by atoms with Gasteiger partial charge in [-0.2, -0.15) is 0 Å². The van der Waals surface area contributed by atoms with Crippen LogP contribution in [-0.2, 0) is 4.79 Å². The zero-order valence-electron chi connectivity index (χ0n) is 12.9. The molecule has 0 spiro atoms. The van der Waals surface area contributed by atoms with Crippen molar-refractivity contribution in [2.75, 3.05) is 49.5 Å². The van der Waals surface area contributed by atoms with Crippen molar-refractivity contribution in [2.24, 2.45) is 0 Å². The van der Waals surface area contributed by atoms with E-state index in [1.54, 1.807) is 11.0 Å². The molecule has 0 aromatic heterocycles. The highest BCUT2D eigenvalue weighted by atomic mass is 79.9. The zero-order valence-corrected chi connectivity index (χ0v) is 14.5. The quantitative estimate of drug-likeness (QED) is 0.700. The minimum absolute atomic E-state index is 0.0355. The highest BCUT2D eigenvalue weighted by Crippen LogP contribution is 2.31. The molecule has 1 fully saturated rings. The zero-order chi connectivity index (χ0) is 17.0. The summed E-state index contributed by atoms with van der Waals surface area (Å²) in [6, 6.07) is 3.05. The Hall–Kier alpha value is -1.38. The van der Waals surface area contributed by atoms with Gasteiger partial charge in [-0.15, -0.1) is 0 Å². The molecular weight excluding hydrogens is 369 g/mol. The van der Waals surface area contributed by atoms with Crippen molar-refractivity contribution in [3.8, 4) is 0 Å². The van der Waals surface area contributed by atoms with Gasteiger partial charge in [-0.1, -0.05) is 0 Å². The van der Waals surface area contributed by atoms with Gasteiger partial charge in [0.05, 0.1) is 24.1 Å². The number of halogens is 2. The number of hydrogen-bond acceptors (Lipinski definition) is 5. The third-order valence-electron chi connectivity index (χ3n) is 3.84. The van der Waals surface area contributed by atoms with Crippen LogP contribution in [0.1, 0.15) is 6.92 Å². The second-order valence-corrected chi connectivity index (χ2v) is 6.35. The molecule has 0 bridgehead atoms. The summed E-state index contributed by atoms with van der Waals surface area (Å²) in [7, 11) is 0. The van der Waals surface area contributed by atoms with E-state index in [0.717, 1.165) is 0 Å². The van der Waals surface area contributed by atoms with Gasteiger partial charge in [0.1, 0.15) is 5.82 Å². The first-order valence-electron chi connectivity index (χ1n) is 7.44. The van der Waals surface area contributed by atoms with Crippen LogP contribution in [0.4, 0.5) is 15.8 Å². The summed E-state index contributed by atoms with van der Waals surface area (Å²) in [6.07, 6.45) is -0.899. The molecule has 1 saturated heterocycles. The molecule has 128 valence electrons. The first-order valence-corrected chi connectivity index (χ1v) is 8.24. The lowest BCUT2D eigenvalue weighted by molar-refractivity contribution is -0.129. The number of anilines is 2. The molecule has 0 saturated carbocycles. The van der Waals surface area contributed by atoms with Crippen molar-refractivity contribution < 1.29 is 19.4 Å². The average molecular weight is 390 g/mol. The number of nitrogens with one attached hydrogen (secondary N) is 1. The molecule has 8 heteroatoms. The predicted octanol–water partition coefficient (Wildman–Crippen LogP) is 1.02. The Morgan fingerprint density at radius 2 is 2.04 bits per heavy atom. The lowest BCUT2D eigenvalue weighted by atomic mass is 10.2. The molecule has 1 heterocycles. The van der Waals surface area contributed by atoms with Crippen LogP contribution in [0.25, 0.3) is 0 Å². The number of aliphatic hydroxyl groups excluding tert-OH is 2. The molecule has 1 aromatic rings. The summed E-state index contributed by atoms with van der Waals surface area (Å²) in [4.78, 5) is 15.0. The Labute approximate surface area is 143 Å². The number of nitrogens with zero attached hydrogens (tertiary/aromatic N) is 2. The summed E-state index contributed by atoms with van der Waals surface area (Å²) in [5, 5.41) is 21.0. The SMILES string of the molecule is CC(=O)N1CCN(c2cc(Br)c(NCC(O)CO)cc2F)CC1. The van der Waals surface area contributed by atoms with Gasteiger partial charge >= 0.3 is 0 Å². The van der Waals surface area contributed by atoms with Crippen LogP contribution in [0.3, 0.4) is 0 Å². The van der Waals surface area contributed by atoms with Crippen LogP contribution in [0.2, 0.25) is 0 Å². The third-order valence-corrected chi connectivity index (χ3v) is 4.50. The summed E-state index contributed by atoms with van der Waals surface area (Å²) in [6.45, 7) is 3.63. The van der Waals surface area contributed by atoms with Crippen molar-refractivity contribution in [1.82, 2.24) is 4.90 Å². The molecule has 1 aromatic carbocycles. The van der Waals surface area contributed by atoms with E-state index in [1.807, 2.05) is 4.90 Å². The Balaban J connectivity index is 2.06. The standard InChI is InChI=1S/C15H21BrFN3O3/c1-10(22)19-2-4-20(5-3-19)15-6-12(16)14(7-13(15)17)18-8-11(23)9-21/h6-7,11,18,21,23H,2-5,8-9H2,1H3. The summed E-state index contributed by atoms with van der Waals surface area (Å²) >= 11 is 3.39. The van der Waals surface area contributed by atoms with Crippen molar-refractivity contribution in [2.45, 2.75) is 13.0 Å². The minimum atomic E-state index is -0.899. The summed E-state index contributed by atoms with van der Waals surface area (Å²) < 4.78 is 15.1. The smallest absolute Gasteiger partial charge is 0.219 e. The first kappa shape index (κ1) is 18.0. The molecule has 1 unspecified atom stereocenters. The van der Waals surface area contributed by atoms with E-state index in [0.29, 0.717) is 42.0 Å². The predicted molar refractivity (Wildman–Crippen MR) is 90.1 cm³/mol. The molecule has 1 amide bonds.